The van der Waals surface area contributed by atoms with Crippen LogP contribution in [0.4, 0.5) is 0 Å². The summed E-state index contributed by atoms with van der Waals surface area (Å²) in [6.45, 7) is 4.00. The van der Waals surface area contributed by atoms with Gasteiger partial charge < -0.3 is 19.5 Å². The smallest absolute Gasteiger partial charge is 0.0806 e. The van der Waals surface area contributed by atoms with Gasteiger partial charge in [-0.3, -0.25) is 0 Å². The van der Waals surface area contributed by atoms with Gasteiger partial charge in [0.2, 0.25) is 0 Å². The highest BCUT2D eigenvalue weighted by Crippen LogP contribution is 2.32. The third-order valence-corrected chi connectivity index (χ3v) is 4.33. The van der Waals surface area contributed by atoms with Gasteiger partial charge in [-0.2, -0.15) is 0 Å². The van der Waals surface area contributed by atoms with Crippen molar-refractivity contribution in [3.05, 3.63) is 0 Å². The van der Waals surface area contributed by atoms with Crippen LogP contribution in [0.5, 0.6) is 0 Å². The number of hydrogen-bond donors (Lipinski definition) is 1. The predicted molar refractivity (Wildman–Crippen MR) is 80.1 cm³/mol. The highest BCUT2D eigenvalue weighted by atomic mass is 16.5. The molecule has 2 aliphatic carbocycles. The fourth-order valence-electron chi connectivity index (χ4n) is 2.88. The first-order valence-corrected chi connectivity index (χ1v) is 8.29. The number of ether oxygens (including phenoxy) is 3. The van der Waals surface area contributed by atoms with Crippen LogP contribution in [0.3, 0.4) is 0 Å². The Labute approximate surface area is 123 Å². The maximum atomic E-state index is 6.28. The van der Waals surface area contributed by atoms with Crippen molar-refractivity contribution in [3.8, 4) is 0 Å². The normalized spacial score (nSPS) is 22.1. The molecule has 0 aliphatic heterocycles. The maximum absolute atomic E-state index is 6.28. The van der Waals surface area contributed by atoms with E-state index >= 15 is 0 Å². The van der Waals surface area contributed by atoms with Crippen LogP contribution < -0.4 is 5.32 Å². The van der Waals surface area contributed by atoms with Crippen molar-refractivity contribution in [2.24, 2.45) is 0 Å². The molecule has 0 saturated heterocycles. The first kappa shape index (κ1) is 16.2. The number of methoxy groups -OCH3 is 1. The van der Waals surface area contributed by atoms with Gasteiger partial charge in [0, 0.05) is 32.9 Å². The zero-order valence-electron chi connectivity index (χ0n) is 13.0. The molecule has 0 radical (unpaired) electrons. The monoisotopic (exact) mass is 285 g/mol. The Hall–Kier alpha value is -0.160. The van der Waals surface area contributed by atoms with Gasteiger partial charge in [-0.25, -0.2) is 0 Å². The second kappa shape index (κ2) is 8.98. The molecule has 20 heavy (non-hydrogen) atoms. The summed E-state index contributed by atoms with van der Waals surface area (Å²) >= 11 is 0. The van der Waals surface area contributed by atoms with Crippen molar-refractivity contribution in [2.75, 3.05) is 40.1 Å². The van der Waals surface area contributed by atoms with E-state index in [1.807, 2.05) is 0 Å². The standard InChI is InChI=1S/C16H31NO3/c1-18-12-13-19-10-5-11-20-16(8-3-2-4-9-16)14-17-15-6-7-15/h15,17H,2-14H2,1H3. The Morgan fingerprint density at radius 3 is 2.50 bits per heavy atom. The van der Waals surface area contributed by atoms with Crippen LogP contribution in [0, 0.1) is 0 Å². The van der Waals surface area contributed by atoms with Gasteiger partial charge >= 0.3 is 0 Å². The van der Waals surface area contributed by atoms with E-state index in [0.717, 1.165) is 32.2 Å². The van der Waals surface area contributed by atoms with Crippen LogP contribution in [0.2, 0.25) is 0 Å². The molecule has 2 rings (SSSR count). The summed E-state index contributed by atoms with van der Waals surface area (Å²) in [5.41, 5.74) is 0.105. The Morgan fingerprint density at radius 1 is 1.00 bits per heavy atom. The van der Waals surface area contributed by atoms with Crippen molar-refractivity contribution in [3.63, 3.8) is 0 Å². The third kappa shape index (κ3) is 6.08. The van der Waals surface area contributed by atoms with Gasteiger partial charge in [0.05, 0.1) is 18.8 Å². The predicted octanol–water partition coefficient (Wildman–Crippen LogP) is 2.51. The molecular formula is C16H31NO3. The molecule has 0 atom stereocenters. The maximum Gasteiger partial charge on any atom is 0.0806 e. The zero-order chi connectivity index (χ0) is 14.1. The van der Waals surface area contributed by atoms with Gasteiger partial charge in [-0.05, 0) is 32.1 Å². The average molecular weight is 285 g/mol. The Bertz CT molecular complexity index is 250. The molecule has 0 unspecified atom stereocenters. The van der Waals surface area contributed by atoms with Crippen molar-refractivity contribution >= 4 is 0 Å². The fraction of sp³-hybridized carbons (Fsp3) is 1.00. The SMILES string of the molecule is COCCOCCCOC1(CNC2CC2)CCCCC1. The van der Waals surface area contributed by atoms with E-state index in [1.165, 1.54) is 44.9 Å². The van der Waals surface area contributed by atoms with Crippen molar-refractivity contribution in [1.82, 2.24) is 5.32 Å². The molecule has 1 N–H and O–H groups in total. The minimum Gasteiger partial charge on any atom is -0.382 e. The molecule has 0 aromatic rings. The summed E-state index contributed by atoms with van der Waals surface area (Å²) in [6.07, 6.45) is 10.1. The molecule has 4 heteroatoms. The average Bonchev–Trinajstić information content (AvgIpc) is 3.30. The van der Waals surface area contributed by atoms with Crippen molar-refractivity contribution < 1.29 is 14.2 Å². The van der Waals surface area contributed by atoms with Crippen molar-refractivity contribution in [2.45, 2.75) is 63.0 Å². The minimum absolute atomic E-state index is 0.105. The van der Waals surface area contributed by atoms with E-state index in [1.54, 1.807) is 7.11 Å². The second-order valence-corrected chi connectivity index (χ2v) is 6.21. The molecule has 0 heterocycles. The van der Waals surface area contributed by atoms with Crippen LogP contribution in [-0.4, -0.2) is 51.7 Å². The van der Waals surface area contributed by atoms with E-state index < -0.39 is 0 Å². The molecule has 2 aliphatic rings. The highest BCUT2D eigenvalue weighted by molar-refractivity contribution is 4.91. The van der Waals surface area contributed by atoms with E-state index in [2.05, 4.69) is 5.32 Å². The number of hydrogen-bond acceptors (Lipinski definition) is 4. The molecule has 4 nitrogen and oxygen atoms in total. The summed E-state index contributed by atoms with van der Waals surface area (Å²) in [5.74, 6) is 0. The van der Waals surface area contributed by atoms with Gasteiger partial charge in [0.25, 0.3) is 0 Å². The van der Waals surface area contributed by atoms with Crippen LogP contribution in [0.25, 0.3) is 0 Å². The molecule has 2 fully saturated rings. The first-order chi connectivity index (χ1) is 9.85. The van der Waals surface area contributed by atoms with E-state index in [0.29, 0.717) is 13.2 Å². The molecular weight excluding hydrogens is 254 g/mol. The lowest BCUT2D eigenvalue weighted by molar-refractivity contribution is -0.0746. The molecule has 0 spiro atoms. The summed E-state index contributed by atoms with van der Waals surface area (Å²) < 4.78 is 16.7. The number of nitrogens with one attached hydrogen (secondary N) is 1. The van der Waals surface area contributed by atoms with Crippen LogP contribution in [-0.2, 0) is 14.2 Å². The Kier molecular flexibility index (Phi) is 7.28. The van der Waals surface area contributed by atoms with Gasteiger partial charge in [-0.1, -0.05) is 19.3 Å². The van der Waals surface area contributed by atoms with E-state index in [4.69, 9.17) is 14.2 Å². The van der Waals surface area contributed by atoms with Crippen LogP contribution in [0.1, 0.15) is 51.4 Å². The second-order valence-electron chi connectivity index (χ2n) is 6.21. The lowest BCUT2D eigenvalue weighted by atomic mass is 9.84. The van der Waals surface area contributed by atoms with Gasteiger partial charge in [0.15, 0.2) is 0 Å². The lowest BCUT2D eigenvalue weighted by Crippen LogP contribution is -2.45. The molecule has 2 saturated carbocycles. The number of rotatable bonds is 11. The Balaban J connectivity index is 1.59. The largest absolute Gasteiger partial charge is 0.382 e. The van der Waals surface area contributed by atoms with Crippen LogP contribution in [0.15, 0.2) is 0 Å². The lowest BCUT2D eigenvalue weighted by Gasteiger charge is -2.37. The molecule has 0 aromatic carbocycles. The van der Waals surface area contributed by atoms with Gasteiger partial charge in [0.1, 0.15) is 0 Å². The minimum atomic E-state index is 0.105. The molecule has 0 aromatic heterocycles. The highest BCUT2D eigenvalue weighted by Gasteiger charge is 2.34. The quantitative estimate of drug-likeness (QED) is 0.592. The summed E-state index contributed by atoms with van der Waals surface area (Å²) in [6, 6.07) is 0.773. The molecule has 0 amide bonds. The zero-order valence-corrected chi connectivity index (χ0v) is 13.0. The Morgan fingerprint density at radius 2 is 1.80 bits per heavy atom. The summed E-state index contributed by atoms with van der Waals surface area (Å²) in [5, 5.41) is 3.66. The molecule has 0 bridgehead atoms. The summed E-state index contributed by atoms with van der Waals surface area (Å²) in [7, 11) is 1.70. The third-order valence-electron chi connectivity index (χ3n) is 4.33. The first-order valence-electron chi connectivity index (χ1n) is 8.29. The fourth-order valence-corrected chi connectivity index (χ4v) is 2.88. The van der Waals surface area contributed by atoms with E-state index in [-0.39, 0.29) is 5.60 Å². The van der Waals surface area contributed by atoms with Gasteiger partial charge in [-0.15, -0.1) is 0 Å². The topological polar surface area (TPSA) is 39.7 Å². The van der Waals surface area contributed by atoms with E-state index in [9.17, 15) is 0 Å². The molecule has 118 valence electrons. The van der Waals surface area contributed by atoms with Crippen LogP contribution >= 0.6 is 0 Å². The summed E-state index contributed by atoms with van der Waals surface area (Å²) in [4.78, 5) is 0. The van der Waals surface area contributed by atoms with Crippen molar-refractivity contribution in [1.29, 1.82) is 0 Å².